The molecule has 10 nitrogen and oxygen atoms in total. The lowest BCUT2D eigenvalue weighted by atomic mass is 9.99. The van der Waals surface area contributed by atoms with E-state index < -0.39 is 27.7 Å². The van der Waals surface area contributed by atoms with Gasteiger partial charge in [0.1, 0.15) is 16.2 Å². The molecule has 0 atom stereocenters. The molecule has 3 aromatic carbocycles. The number of pyridine rings is 1. The van der Waals surface area contributed by atoms with Gasteiger partial charge in [-0.1, -0.05) is 30.7 Å². The number of para-hydroxylation sites is 1. The number of rotatable bonds is 6. The molecular formula is C36H36N4O6S. The Labute approximate surface area is 273 Å². The number of aromatic nitrogens is 2. The number of hydrogen-bond donors (Lipinski definition) is 1. The van der Waals surface area contributed by atoms with Crippen LogP contribution in [0.5, 0.6) is 5.75 Å². The maximum Gasteiger partial charge on any atom is 0.419 e. The Morgan fingerprint density at radius 2 is 1.74 bits per heavy atom. The van der Waals surface area contributed by atoms with Gasteiger partial charge in [-0.2, -0.15) is 8.42 Å². The molecule has 2 aliphatic heterocycles. The van der Waals surface area contributed by atoms with Crippen molar-refractivity contribution >= 4 is 43.9 Å². The topological polar surface area (TPSA) is 120 Å². The minimum absolute atomic E-state index is 0.0266. The minimum atomic E-state index is -4.32. The van der Waals surface area contributed by atoms with E-state index >= 15 is 0 Å². The molecule has 0 unspecified atom stereocenters. The fourth-order valence-corrected chi connectivity index (χ4v) is 7.63. The van der Waals surface area contributed by atoms with Gasteiger partial charge in [-0.15, -0.1) is 0 Å². The number of carbonyl (C=O) groups excluding carboxylic acids is 2. The second-order valence-electron chi connectivity index (χ2n) is 13.1. The van der Waals surface area contributed by atoms with E-state index in [1.54, 1.807) is 51.1 Å². The van der Waals surface area contributed by atoms with Gasteiger partial charge in [0.05, 0.1) is 22.3 Å². The highest BCUT2D eigenvalue weighted by atomic mass is 32.2. The van der Waals surface area contributed by atoms with Crippen LogP contribution in [0.4, 0.5) is 4.79 Å². The molecule has 4 heterocycles. The molecule has 11 heteroatoms. The number of benzene rings is 3. The van der Waals surface area contributed by atoms with E-state index in [-0.39, 0.29) is 22.8 Å². The number of carbonyl (C=O) groups is 2. The molecule has 0 aliphatic carbocycles. The molecule has 0 spiro atoms. The molecule has 0 saturated carbocycles. The van der Waals surface area contributed by atoms with Crippen LogP contribution in [0.3, 0.4) is 0 Å². The predicted octanol–water partition coefficient (Wildman–Crippen LogP) is 6.64. The van der Waals surface area contributed by atoms with E-state index in [1.807, 2.05) is 18.2 Å². The molecular weight excluding hydrogens is 616 g/mol. The summed E-state index contributed by atoms with van der Waals surface area (Å²) in [5.74, 6) is -0.366. The van der Waals surface area contributed by atoms with Crippen molar-refractivity contribution in [3.05, 3.63) is 89.6 Å². The Kier molecular flexibility index (Phi) is 7.76. The summed E-state index contributed by atoms with van der Waals surface area (Å²) in [4.78, 5) is 33.7. The fraction of sp³-hybridized carbons (Fsp3) is 0.306. The van der Waals surface area contributed by atoms with E-state index in [1.165, 1.54) is 42.2 Å². The number of likely N-dealkylation sites (tertiary alicyclic amines) is 1. The van der Waals surface area contributed by atoms with Crippen molar-refractivity contribution in [1.82, 2.24) is 19.8 Å². The average molecular weight is 653 g/mol. The number of fused-ring (bicyclic) bond motifs is 3. The molecule has 0 bridgehead atoms. The van der Waals surface area contributed by atoms with E-state index in [0.29, 0.717) is 33.2 Å². The quantitative estimate of drug-likeness (QED) is 0.203. The van der Waals surface area contributed by atoms with Crippen LogP contribution >= 0.6 is 0 Å². The van der Waals surface area contributed by atoms with Crippen molar-refractivity contribution in [3.8, 4) is 17.0 Å². The summed E-state index contributed by atoms with van der Waals surface area (Å²) < 4.78 is 40.2. The maximum atomic E-state index is 13.8. The summed E-state index contributed by atoms with van der Waals surface area (Å²) in [5.41, 5.74) is 2.87. The highest BCUT2D eigenvalue weighted by molar-refractivity contribution is 7.87. The number of piperidine rings is 1. The Bertz CT molecular complexity index is 2150. The van der Waals surface area contributed by atoms with Gasteiger partial charge in [0.25, 0.3) is 5.91 Å². The lowest BCUT2D eigenvalue weighted by molar-refractivity contribution is 0.0546. The minimum Gasteiger partial charge on any atom is -0.443 e. The van der Waals surface area contributed by atoms with Crippen molar-refractivity contribution in [2.45, 2.75) is 63.6 Å². The molecule has 1 saturated heterocycles. The first-order valence-electron chi connectivity index (χ1n) is 15.8. The van der Waals surface area contributed by atoms with Gasteiger partial charge in [0.15, 0.2) is 0 Å². The zero-order chi connectivity index (χ0) is 32.9. The van der Waals surface area contributed by atoms with Gasteiger partial charge in [-0.3, -0.25) is 14.7 Å². The van der Waals surface area contributed by atoms with Gasteiger partial charge < -0.3 is 14.2 Å². The number of ether oxygens (including phenoxy) is 1. The fourth-order valence-electron chi connectivity index (χ4n) is 6.49. The van der Waals surface area contributed by atoms with E-state index in [2.05, 4.69) is 21.3 Å². The second kappa shape index (κ2) is 11.8. The second-order valence-corrected chi connectivity index (χ2v) is 14.6. The standard InChI is InChI=1S/C36H36N4O6S/c1-36(2,3)45-35(42)40-28-14-12-23(22-39-17-5-4-6-18-39)19-25(28)20-29(40)26-13-15-30(27-21-38-34(41)32(26)27)46-47(43,44)31-11-7-9-24-10-8-16-37-33(24)31/h7-16,19-20H,4-6,17-18,21-22H2,1-3H3,(H,38,41). The average Bonchev–Trinajstić information content (AvgIpc) is 3.61. The van der Waals surface area contributed by atoms with Crippen molar-refractivity contribution in [3.63, 3.8) is 0 Å². The highest BCUT2D eigenvalue weighted by Crippen LogP contribution is 2.39. The summed E-state index contributed by atoms with van der Waals surface area (Å²) in [6.07, 6.45) is 4.58. The predicted molar refractivity (Wildman–Crippen MR) is 179 cm³/mol. The van der Waals surface area contributed by atoms with Crippen LogP contribution in [0, 0.1) is 0 Å². The summed E-state index contributed by atoms with van der Waals surface area (Å²) in [6.45, 7) is 8.40. The first-order chi connectivity index (χ1) is 22.5. The molecule has 1 fully saturated rings. The molecule has 2 aromatic heterocycles. The Morgan fingerprint density at radius 3 is 2.53 bits per heavy atom. The Hall–Kier alpha value is -4.74. The zero-order valence-electron chi connectivity index (χ0n) is 26.6. The summed E-state index contributed by atoms with van der Waals surface area (Å²) in [7, 11) is -4.32. The van der Waals surface area contributed by atoms with Gasteiger partial charge >= 0.3 is 16.2 Å². The van der Waals surface area contributed by atoms with Gasteiger partial charge in [-0.25, -0.2) is 9.36 Å². The van der Waals surface area contributed by atoms with Crippen LogP contribution in [-0.4, -0.2) is 53.6 Å². The lowest BCUT2D eigenvalue weighted by Gasteiger charge is -2.26. The number of amides is 1. The number of nitrogens with zero attached hydrogens (tertiary/aromatic N) is 3. The third-order valence-electron chi connectivity index (χ3n) is 8.56. The molecule has 1 N–H and O–H groups in total. The molecule has 5 aromatic rings. The molecule has 1 amide bonds. The summed E-state index contributed by atoms with van der Waals surface area (Å²) in [5, 5.41) is 4.30. The van der Waals surface area contributed by atoms with Crippen LogP contribution < -0.4 is 9.50 Å². The van der Waals surface area contributed by atoms with E-state index in [9.17, 15) is 18.0 Å². The SMILES string of the molecule is CC(C)(C)OC(=O)n1c(-c2ccc(OS(=O)(=O)c3cccc4cccnc34)c3c2C(=O)NC3)cc2cc(CN3CCCCC3)ccc21. The van der Waals surface area contributed by atoms with Crippen LogP contribution in [-0.2, 0) is 27.9 Å². The van der Waals surface area contributed by atoms with Crippen LogP contribution in [0.2, 0.25) is 0 Å². The number of nitrogens with one attached hydrogen (secondary N) is 1. The summed E-state index contributed by atoms with van der Waals surface area (Å²) >= 11 is 0. The summed E-state index contributed by atoms with van der Waals surface area (Å²) in [6, 6.07) is 19.4. The third-order valence-corrected chi connectivity index (χ3v) is 9.83. The van der Waals surface area contributed by atoms with E-state index in [0.717, 1.165) is 30.6 Å². The smallest absolute Gasteiger partial charge is 0.419 e. The highest BCUT2D eigenvalue weighted by Gasteiger charge is 2.32. The normalized spacial score (nSPS) is 15.5. The maximum absolute atomic E-state index is 13.8. The first-order valence-corrected chi connectivity index (χ1v) is 17.2. The zero-order valence-corrected chi connectivity index (χ0v) is 27.4. The Balaban J connectivity index is 1.32. The van der Waals surface area contributed by atoms with Crippen molar-refractivity contribution in [1.29, 1.82) is 0 Å². The Morgan fingerprint density at radius 1 is 0.957 bits per heavy atom. The van der Waals surface area contributed by atoms with Gasteiger partial charge in [0, 0.05) is 41.2 Å². The van der Waals surface area contributed by atoms with Gasteiger partial charge in [0.2, 0.25) is 0 Å². The lowest BCUT2D eigenvalue weighted by Crippen LogP contribution is -2.29. The first kappa shape index (κ1) is 30.9. The largest absolute Gasteiger partial charge is 0.443 e. The van der Waals surface area contributed by atoms with Crippen LogP contribution in [0.1, 0.15) is 61.5 Å². The monoisotopic (exact) mass is 652 g/mol. The molecule has 242 valence electrons. The molecule has 2 aliphatic rings. The number of hydrogen-bond acceptors (Lipinski definition) is 8. The third kappa shape index (κ3) is 5.96. The van der Waals surface area contributed by atoms with E-state index in [4.69, 9.17) is 8.92 Å². The molecule has 7 rings (SSSR count). The van der Waals surface area contributed by atoms with Crippen LogP contribution in [0.15, 0.2) is 77.8 Å². The van der Waals surface area contributed by atoms with Crippen molar-refractivity contribution < 1.29 is 26.9 Å². The van der Waals surface area contributed by atoms with Crippen molar-refractivity contribution in [2.75, 3.05) is 13.1 Å². The van der Waals surface area contributed by atoms with Gasteiger partial charge in [-0.05, 0) is 94.7 Å². The van der Waals surface area contributed by atoms with Crippen molar-refractivity contribution in [2.24, 2.45) is 0 Å². The molecule has 47 heavy (non-hydrogen) atoms. The molecule has 0 radical (unpaired) electrons. The van der Waals surface area contributed by atoms with Crippen LogP contribution in [0.25, 0.3) is 33.1 Å².